The third kappa shape index (κ3) is 1.05. The summed E-state index contributed by atoms with van der Waals surface area (Å²) in [7, 11) is 0. The molecule has 0 saturated carbocycles. The van der Waals surface area contributed by atoms with E-state index in [0.717, 1.165) is 12.0 Å². The maximum Gasteiger partial charge on any atom is 0.0821 e. The Balaban J connectivity index is 2.48. The Morgan fingerprint density at radius 1 is 1.42 bits per heavy atom. The van der Waals surface area contributed by atoms with Gasteiger partial charge < -0.3 is 5.11 Å². The summed E-state index contributed by atoms with van der Waals surface area (Å²) in [6.07, 6.45) is 0.788. The largest absolute Gasteiger partial charge is 0.388 e. The van der Waals surface area contributed by atoms with Gasteiger partial charge in [0, 0.05) is 0 Å². The van der Waals surface area contributed by atoms with Gasteiger partial charge in [-0.2, -0.15) is 0 Å². The topological polar surface area (TPSA) is 20.2 Å². The number of hydrogen-bond acceptors (Lipinski definition) is 1. The molecule has 0 fully saturated rings. The molecule has 0 bridgehead atoms. The summed E-state index contributed by atoms with van der Waals surface area (Å²) in [5.41, 5.74) is 3.70. The van der Waals surface area contributed by atoms with Crippen molar-refractivity contribution in [2.45, 2.75) is 26.4 Å². The van der Waals surface area contributed by atoms with Crippen LogP contribution in [0.5, 0.6) is 0 Å². The van der Waals surface area contributed by atoms with Gasteiger partial charge in [0.2, 0.25) is 0 Å². The number of aliphatic hydroxyl groups excluding tert-OH is 1. The van der Waals surface area contributed by atoms with Gasteiger partial charge >= 0.3 is 0 Å². The monoisotopic (exact) mass is 162 g/mol. The van der Waals surface area contributed by atoms with Crippen LogP contribution in [0.4, 0.5) is 0 Å². The van der Waals surface area contributed by atoms with E-state index >= 15 is 0 Å². The van der Waals surface area contributed by atoms with Crippen LogP contribution in [0.15, 0.2) is 18.2 Å². The fourth-order valence-electron chi connectivity index (χ4n) is 1.94. The molecule has 0 saturated heterocycles. The summed E-state index contributed by atoms with van der Waals surface area (Å²) in [4.78, 5) is 0. The first kappa shape index (κ1) is 7.81. The van der Waals surface area contributed by atoms with E-state index in [1.807, 2.05) is 0 Å². The zero-order valence-electron chi connectivity index (χ0n) is 7.54. The second-order valence-electron chi connectivity index (χ2n) is 3.83. The van der Waals surface area contributed by atoms with E-state index in [1.165, 1.54) is 11.1 Å². The molecule has 0 spiro atoms. The Morgan fingerprint density at radius 3 is 2.92 bits per heavy atom. The molecule has 1 N–H and O–H groups in total. The van der Waals surface area contributed by atoms with Crippen LogP contribution in [0.2, 0.25) is 0 Å². The van der Waals surface area contributed by atoms with Crippen LogP contribution < -0.4 is 0 Å². The molecule has 2 atom stereocenters. The quantitative estimate of drug-likeness (QED) is 0.620. The highest BCUT2D eigenvalue weighted by atomic mass is 16.3. The van der Waals surface area contributed by atoms with Gasteiger partial charge in [0.05, 0.1) is 6.10 Å². The van der Waals surface area contributed by atoms with Crippen LogP contribution in [-0.2, 0) is 6.42 Å². The maximum absolute atomic E-state index is 9.77. The lowest BCUT2D eigenvalue weighted by Crippen LogP contribution is -2.01. The van der Waals surface area contributed by atoms with E-state index in [4.69, 9.17) is 0 Å². The highest BCUT2D eigenvalue weighted by Crippen LogP contribution is 2.35. The summed E-state index contributed by atoms with van der Waals surface area (Å²) in [5.74, 6) is 0.391. The highest BCUT2D eigenvalue weighted by molar-refractivity contribution is 5.37. The van der Waals surface area contributed by atoms with Crippen molar-refractivity contribution in [1.29, 1.82) is 0 Å². The number of aryl methyl sites for hydroxylation is 1. The lowest BCUT2D eigenvalue weighted by molar-refractivity contribution is 0.133. The average molecular weight is 162 g/mol. The first-order valence-electron chi connectivity index (χ1n) is 4.46. The van der Waals surface area contributed by atoms with E-state index in [0.29, 0.717) is 5.92 Å². The Hall–Kier alpha value is -0.820. The van der Waals surface area contributed by atoms with Crippen molar-refractivity contribution in [2.24, 2.45) is 5.92 Å². The Labute approximate surface area is 73.0 Å². The van der Waals surface area contributed by atoms with Crippen LogP contribution >= 0.6 is 0 Å². The summed E-state index contributed by atoms with van der Waals surface area (Å²) in [6, 6.07) is 6.35. The fraction of sp³-hybridized carbons (Fsp3) is 0.455. The van der Waals surface area contributed by atoms with Gasteiger partial charge in [-0.1, -0.05) is 30.7 Å². The molecule has 1 aliphatic rings. The molecule has 1 aromatic carbocycles. The lowest BCUT2D eigenvalue weighted by atomic mass is 10.1. The van der Waals surface area contributed by atoms with Gasteiger partial charge in [-0.15, -0.1) is 0 Å². The third-order valence-electron chi connectivity index (χ3n) is 2.70. The van der Waals surface area contributed by atoms with E-state index in [1.54, 1.807) is 0 Å². The molecular weight excluding hydrogens is 148 g/mol. The maximum atomic E-state index is 9.77. The van der Waals surface area contributed by atoms with Crippen molar-refractivity contribution in [3.8, 4) is 0 Å². The van der Waals surface area contributed by atoms with Crippen molar-refractivity contribution in [3.63, 3.8) is 0 Å². The van der Waals surface area contributed by atoms with E-state index in [9.17, 15) is 5.11 Å². The molecule has 12 heavy (non-hydrogen) atoms. The first-order valence-corrected chi connectivity index (χ1v) is 4.46. The molecule has 0 aromatic heterocycles. The van der Waals surface area contributed by atoms with Crippen LogP contribution in [-0.4, -0.2) is 5.11 Å². The van der Waals surface area contributed by atoms with Gasteiger partial charge in [-0.25, -0.2) is 0 Å². The zero-order chi connectivity index (χ0) is 8.72. The predicted octanol–water partition coefficient (Wildman–Crippen LogP) is 2.22. The van der Waals surface area contributed by atoms with Crippen LogP contribution in [0, 0.1) is 12.8 Å². The molecule has 0 heterocycles. The molecule has 64 valence electrons. The minimum atomic E-state index is -0.236. The van der Waals surface area contributed by atoms with Gasteiger partial charge in [-0.05, 0) is 30.4 Å². The normalized spacial score (nSPS) is 27.2. The van der Waals surface area contributed by atoms with E-state index in [2.05, 4.69) is 32.0 Å². The van der Waals surface area contributed by atoms with Gasteiger partial charge in [-0.3, -0.25) is 0 Å². The molecule has 0 radical (unpaired) electrons. The molecule has 0 aliphatic heterocycles. The highest BCUT2D eigenvalue weighted by Gasteiger charge is 2.26. The molecular formula is C11H14O. The summed E-state index contributed by atoms with van der Waals surface area (Å²) in [5, 5.41) is 9.77. The number of hydrogen-bond donors (Lipinski definition) is 1. The number of aliphatic hydroxyl groups is 1. The molecule has 1 aliphatic carbocycles. The molecule has 1 aromatic rings. The molecule has 1 nitrogen and oxygen atoms in total. The fourth-order valence-corrected chi connectivity index (χ4v) is 1.94. The first-order chi connectivity index (χ1) is 5.68. The van der Waals surface area contributed by atoms with Crippen molar-refractivity contribution in [2.75, 3.05) is 0 Å². The summed E-state index contributed by atoms with van der Waals surface area (Å²) >= 11 is 0. The number of fused-ring (bicyclic) bond motifs is 1. The Morgan fingerprint density at radius 2 is 2.17 bits per heavy atom. The third-order valence-corrected chi connectivity index (χ3v) is 2.70. The summed E-state index contributed by atoms with van der Waals surface area (Å²) < 4.78 is 0. The SMILES string of the molecule is Cc1ccc2c(c1)C(O)C(C)C2. The molecule has 2 rings (SSSR count). The molecule has 1 heteroatoms. The summed E-state index contributed by atoms with van der Waals surface area (Å²) in [6.45, 7) is 4.16. The van der Waals surface area contributed by atoms with Crippen LogP contribution in [0.3, 0.4) is 0 Å². The standard InChI is InChI=1S/C11H14O/c1-7-3-4-9-6-8(2)11(12)10(9)5-7/h3-5,8,11-12H,6H2,1-2H3. The van der Waals surface area contributed by atoms with Crippen molar-refractivity contribution in [3.05, 3.63) is 34.9 Å². The van der Waals surface area contributed by atoms with Crippen LogP contribution in [0.1, 0.15) is 29.7 Å². The van der Waals surface area contributed by atoms with E-state index < -0.39 is 0 Å². The van der Waals surface area contributed by atoms with Gasteiger partial charge in [0.1, 0.15) is 0 Å². The van der Waals surface area contributed by atoms with Crippen LogP contribution in [0.25, 0.3) is 0 Å². The Bertz CT molecular complexity index is 304. The minimum absolute atomic E-state index is 0.236. The van der Waals surface area contributed by atoms with Crippen molar-refractivity contribution in [1.82, 2.24) is 0 Å². The lowest BCUT2D eigenvalue weighted by Gasteiger charge is -2.08. The second-order valence-corrected chi connectivity index (χ2v) is 3.83. The van der Waals surface area contributed by atoms with Crippen molar-refractivity contribution >= 4 is 0 Å². The number of benzene rings is 1. The number of rotatable bonds is 0. The van der Waals surface area contributed by atoms with Crippen molar-refractivity contribution < 1.29 is 5.11 Å². The zero-order valence-corrected chi connectivity index (χ0v) is 7.54. The van der Waals surface area contributed by atoms with Gasteiger partial charge in [0.25, 0.3) is 0 Å². The van der Waals surface area contributed by atoms with E-state index in [-0.39, 0.29) is 6.10 Å². The molecule has 2 unspecified atom stereocenters. The second kappa shape index (κ2) is 2.60. The Kier molecular flexibility index (Phi) is 1.69. The smallest absolute Gasteiger partial charge is 0.0821 e. The average Bonchev–Trinajstić information content (AvgIpc) is 2.31. The predicted molar refractivity (Wildman–Crippen MR) is 49.0 cm³/mol. The molecule has 0 amide bonds. The van der Waals surface area contributed by atoms with Gasteiger partial charge in [0.15, 0.2) is 0 Å². The minimum Gasteiger partial charge on any atom is -0.388 e.